The molecular weight excluding hydrogens is 178 g/mol. The molecule has 0 unspecified atom stereocenters. The summed E-state index contributed by atoms with van der Waals surface area (Å²) >= 11 is 5.09. The molecule has 0 amide bonds. The van der Waals surface area contributed by atoms with Crippen LogP contribution >= 0.6 is 12.2 Å². The fourth-order valence-corrected chi connectivity index (χ4v) is 2.00. The van der Waals surface area contributed by atoms with Crippen molar-refractivity contribution in [3.8, 4) is 0 Å². The van der Waals surface area contributed by atoms with E-state index in [-0.39, 0.29) is 5.41 Å². The van der Waals surface area contributed by atoms with E-state index < -0.39 is 0 Å². The van der Waals surface area contributed by atoms with Gasteiger partial charge in [0.2, 0.25) is 0 Å². The third-order valence-corrected chi connectivity index (χ3v) is 3.22. The zero-order valence-corrected chi connectivity index (χ0v) is 8.53. The van der Waals surface area contributed by atoms with Gasteiger partial charge in [0.15, 0.2) is 0 Å². The summed E-state index contributed by atoms with van der Waals surface area (Å²) < 4.78 is 0. The van der Waals surface area contributed by atoms with Gasteiger partial charge in [-0.05, 0) is 25.3 Å². The highest BCUT2D eigenvalue weighted by Crippen LogP contribution is 2.48. The van der Waals surface area contributed by atoms with Crippen LogP contribution in [0, 0.1) is 6.92 Å². The van der Waals surface area contributed by atoms with E-state index >= 15 is 0 Å². The van der Waals surface area contributed by atoms with Gasteiger partial charge in [-0.25, -0.2) is 0 Å². The van der Waals surface area contributed by atoms with Crippen LogP contribution in [-0.2, 0) is 5.41 Å². The van der Waals surface area contributed by atoms with Crippen LogP contribution in [0.2, 0.25) is 0 Å². The molecular formula is C11H13NS. The molecule has 13 heavy (non-hydrogen) atoms. The van der Waals surface area contributed by atoms with Gasteiger partial charge in [0.25, 0.3) is 0 Å². The molecule has 0 atom stereocenters. The van der Waals surface area contributed by atoms with Gasteiger partial charge in [0, 0.05) is 5.41 Å². The lowest BCUT2D eigenvalue weighted by Crippen LogP contribution is -2.26. The van der Waals surface area contributed by atoms with E-state index in [1.807, 2.05) is 0 Å². The summed E-state index contributed by atoms with van der Waals surface area (Å²) in [4.78, 5) is 0.649. The normalized spacial score (nSPS) is 18.2. The summed E-state index contributed by atoms with van der Waals surface area (Å²) in [5.41, 5.74) is 8.34. The van der Waals surface area contributed by atoms with Crippen LogP contribution in [0.15, 0.2) is 24.3 Å². The molecule has 1 aliphatic rings. The van der Waals surface area contributed by atoms with E-state index in [1.54, 1.807) is 0 Å². The summed E-state index contributed by atoms with van der Waals surface area (Å²) in [7, 11) is 0. The third-order valence-electron chi connectivity index (χ3n) is 2.83. The molecule has 68 valence electrons. The summed E-state index contributed by atoms with van der Waals surface area (Å²) in [5, 5.41) is 0. The van der Waals surface area contributed by atoms with Crippen molar-refractivity contribution < 1.29 is 0 Å². The summed E-state index contributed by atoms with van der Waals surface area (Å²) in [5.74, 6) is 0. The largest absolute Gasteiger partial charge is 0.393 e. The van der Waals surface area contributed by atoms with Crippen LogP contribution in [0.1, 0.15) is 24.0 Å². The lowest BCUT2D eigenvalue weighted by atomic mass is 9.95. The van der Waals surface area contributed by atoms with Crippen molar-refractivity contribution in [2.75, 3.05) is 0 Å². The highest BCUT2D eigenvalue weighted by atomic mass is 32.1. The summed E-state index contributed by atoms with van der Waals surface area (Å²) in [6.07, 6.45) is 2.23. The van der Waals surface area contributed by atoms with Crippen molar-refractivity contribution in [2.24, 2.45) is 5.73 Å². The summed E-state index contributed by atoms with van der Waals surface area (Å²) in [6, 6.07) is 8.52. The Morgan fingerprint density at radius 2 is 1.85 bits per heavy atom. The quantitative estimate of drug-likeness (QED) is 0.726. The molecule has 1 aliphatic carbocycles. The molecule has 0 saturated heterocycles. The van der Waals surface area contributed by atoms with Crippen molar-refractivity contribution in [1.29, 1.82) is 0 Å². The Morgan fingerprint density at radius 1 is 1.31 bits per heavy atom. The van der Waals surface area contributed by atoms with Crippen molar-refractivity contribution in [3.05, 3.63) is 35.4 Å². The molecule has 2 rings (SSSR count). The van der Waals surface area contributed by atoms with Gasteiger partial charge in [0.05, 0.1) is 4.99 Å². The Kier molecular flexibility index (Phi) is 1.88. The van der Waals surface area contributed by atoms with Gasteiger partial charge < -0.3 is 5.73 Å². The van der Waals surface area contributed by atoms with E-state index in [9.17, 15) is 0 Å². The number of rotatable bonds is 2. The zero-order valence-electron chi connectivity index (χ0n) is 7.71. The minimum Gasteiger partial charge on any atom is -0.393 e. The molecule has 1 fully saturated rings. The van der Waals surface area contributed by atoms with Gasteiger partial charge in [-0.3, -0.25) is 0 Å². The molecule has 0 bridgehead atoms. The lowest BCUT2D eigenvalue weighted by molar-refractivity contribution is 0.953. The number of hydrogen-bond acceptors (Lipinski definition) is 1. The first-order valence-electron chi connectivity index (χ1n) is 4.52. The predicted molar refractivity (Wildman–Crippen MR) is 58.9 cm³/mol. The number of benzene rings is 1. The molecule has 0 heterocycles. The molecule has 0 radical (unpaired) electrons. The molecule has 0 spiro atoms. The standard InChI is InChI=1S/C11H13NS/c1-8-2-4-9(5-3-8)11(6-7-11)10(12)13/h2-5H,6-7H2,1H3,(H2,12,13). The molecule has 1 saturated carbocycles. The van der Waals surface area contributed by atoms with Crippen molar-refractivity contribution in [1.82, 2.24) is 0 Å². The molecule has 0 aliphatic heterocycles. The number of aryl methyl sites for hydroxylation is 1. The van der Waals surface area contributed by atoms with Gasteiger partial charge in [-0.15, -0.1) is 0 Å². The second-order valence-corrected chi connectivity index (χ2v) is 4.25. The van der Waals surface area contributed by atoms with Gasteiger partial charge in [-0.2, -0.15) is 0 Å². The highest BCUT2D eigenvalue weighted by molar-refractivity contribution is 7.80. The monoisotopic (exact) mass is 191 g/mol. The Morgan fingerprint density at radius 3 is 2.23 bits per heavy atom. The first-order chi connectivity index (χ1) is 6.15. The third kappa shape index (κ3) is 1.35. The van der Waals surface area contributed by atoms with E-state index in [0.29, 0.717) is 4.99 Å². The van der Waals surface area contributed by atoms with E-state index in [1.165, 1.54) is 11.1 Å². The van der Waals surface area contributed by atoms with E-state index in [2.05, 4.69) is 31.2 Å². The van der Waals surface area contributed by atoms with Crippen LogP contribution in [-0.4, -0.2) is 4.99 Å². The smallest absolute Gasteiger partial charge is 0.0834 e. The van der Waals surface area contributed by atoms with Crippen molar-refractivity contribution >= 4 is 17.2 Å². The van der Waals surface area contributed by atoms with Gasteiger partial charge in [-0.1, -0.05) is 42.0 Å². The summed E-state index contributed by atoms with van der Waals surface area (Å²) in [6.45, 7) is 2.09. The van der Waals surface area contributed by atoms with Crippen LogP contribution < -0.4 is 5.73 Å². The van der Waals surface area contributed by atoms with E-state index in [0.717, 1.165) is 12.8 Å². The maximum atomic E-state index is 5.73. The van der Waals surface area contributed by atoms with Crippen LogP contribution in [0.3, 0.4) is 0 Å². The van der Waals surface area contributed by atoms with Crippen molar-refractivity contribution in [2.45, 2.75) is 25.2 Å². The molecule has 1 aromatic rings. The first kappa shape index (κ1) is 8.70. The topological polar surface area (TPSA) is 26.0 Å². The molecule has 1 aromatic carbocycles. The average Bonchev–Trinajstić information content (AvgIpc) is 2.86. The second-order valence-electron chi connectivity index (χ2n) is 3.81. The Bertz CT molecular complexity index is 336. The Balaban J connectivity index is 2.36. The lowest BCUT2D eigenvalue weighted by Gasteiger charge is -2.13. The fraction of sp³-hybridized carbons (Fsp3) is 0.364. The van der Waals surface area contributed by atoms with Gasteiger partial charge >= 0.3 is 0 Å². The second kappa shape index (κ2) is 2.81. The zero-order chi connectivity index (χ0) is 9.47. The SMILES string of the molecule is Cc1ccc(C2(C(N)=S)CC2)cc1. The number of nitrogens with two attached hydrogens (primary N) is 1. The maximum absolute atomic E-state index is 5.73. The number of thiocarbonyl (C=S) groups is 1. The van der Waals surface area contributed by atoms with Crippen LogP contribution in [0.5, 0.6) is 0 Å². The van der Waals surface area contributed by atoms with Crippen molar-refractivity contribution in [3.63, 3.8) is 0 Å². The predicted octanol–water partition coefficient (Wildman–Crippen LogP) is 2.31. The van der Waals surface area contributed by atoms with E-state index in [4.69, 9.17) is 18.0 Å². The molecule has 0 aromatic heterocycles. The molecule has 2 heteroatoms. The van der Waals surface area contributed by atoms with Crippen LogP contribution in [0.4, 0.5) is 0 Å². The highest BCUT2D eigenvalue weighted by Gasteiger charge is 2.46. The minimum atomic E-state index is 0.0447. The van der Waals surface area contributed by atoms with Gasteiger partial charge in [0.1, 0.15) is 0 Å². The number of hydrogen-bond donors (Lipinski definition) is 1. The minimum absolute atomic E-state index is 0.0447. The maximum Gasteiger partial charge on any atom is 0.0834 e. The average molecular weight is 191 g/mol. The Labute approximate surface area is 83.9 Å². The first-order valence-corrected chi connectivity index (χ1v) is 4.93. The van der Waals surface area contributed by atoms with Crippen LogP contribution in [0.25, 0.3) is 0 Å². The molecule has 2 N–H and O–H groups in total. The fourth-order valence-electron chi connectivity index (χ4n) is 1.67. The molecule has 1 nitrogen and oxygen atoms in total. The Hall–Kier alpha value is -0.890.